The molecule has 11 heavy (non-hydrogen) atoms. The molecule has 0 aromatic carbocycles. The van der Waals surface area contributed by atoms with E-state index in [1.807, 2.05) is 13.8 Å². The monoisotopic (exact) mass is 164 g/mol. The summed E-state index contributed by atoms with van der Waals surface area (Å²) in [5, 5.41) is 11.6. The number of hydrogen-bond donors (Lipinski definition) is 1. The zero-order valence-electron chi connectivity index (χ0n) is 6.33. The molecule has 0 unspecified atom stereocenters. The van der Waals surface area contributed by atoms with E-state index in [0.717, 1.165) is 12.4 Å². The highest BCUT2D eigenvalue weighted by Gasteiger charge is 2.05. The Hall–Kier alpha value is -1.13. The summed E-state index contributed by atoms with van der Waals surface area (Å²) < 4.78 is 23.5. The molecule has 0 aliphatic heterocycles. The lowest BCUT2D eigenvalue weighted by atomic mass is 10.7. The van der Waals surface area contributed by atoms with Crippen LogP contribution in [0.5, 0.6) is 5.75 Å². The van der Waals surface area contributed by atoms with Crippen molar-refractivity contribution in [1.29, 1.82) is 0 Å². The van der Waals surface area contributed by atoms with Crippen LogP contribution in [-0.2, 0) is 0 Å². The smallest absolute Gasteiger partial charge is 0.333 e. The quantitative estimate of drug-likeness (QED) is 0.689. The van der Waals surface area contributed by atoms with E-state index in [1.165, 1.54) is 0 Å². The minimum atomic E-state index is -2.68. The van der Waals surface area contributed by atoms with Gasteiger partial charge >= 0.3 is 6.55 Å². The third-order valence-electron chi connectivity index (χ3n) is 0.788. The number of nitrogens with zero attached hydrogens (tertiary/aromatic N) is 2. The molecule has 1 aromatic heterocycles. The molecule has 1 aromatic rings. The Kier molecular flexibility index (Phi) is 4.17. The van der Waals surface area contributed by atoms with Gasteiger partial charge in [0, 0.05) is 0 Å². The normalized spacial score (nSPS) is 9.18. The van der Waals surface area contributed by atoms with Gasteiger partial charge in [-0.1, -0.05) is 13.8 Å². The van der Waals surface area contributed by atoms with Crippen molar-refractivity contribution >= 4 is 0 Å². The van der Waals surface area contributed by atoms with E-state index >= 15 is 0 Å². The van der Waals surface area contributed by atoms with E-state index in [9.17, 15) is 8.78 Å². The maximum absolute atomic E-state index is 11.6. The first kappa shape index (κ1) is 9.87. The third-order valence-corrected chi connectivity index (χ3v) is 0.788. The molecule has 0 amide bonds. The molecule has 0 saturated carbocycles. The summed E-state index contributed by atoms with van der Waals surface area (Å²) in [6.45, 7) is 1.32. The van der Waals surface area contributed by atoms with E-state index in [-0.39, 0.29) is 5.75 Å². The van der Waals surface area contributed by atoms with Gasteiger partial charge in [0.15, 0.2) is 5.75 Å². The molecular weight excluding hydrogens is 154 g/mol. The highest BCUT2D eigenvalue weighted by molar-refractivity contribution is 5.08. The first-order chi connectivity index (χ1) is 5.20. The van der Waals surface area contributed by atoms with Crippen LogP contribution in [0.1, 0.15) is 20.4 Å². The number of aromatic hydroxyl groups is 1. The van der Waals surface area contributed by atoms with Crippen molar-refractivity contribution in [2.24, 2.45) is 0 Å². The number of alkyl halides is 2. The predicted octanol–water partition coefficient (Wildman–Crippen LogP) is 2.01. The van der Waals surface area contributed by atoms with Crippen molar-refractivity contribution in [3.8, 4) is 5.75 Å². The van der Waals surface area contributed by atoms with Crippen LogP contribution >= 0.6 is 0 Å². The molecule has 0 radical (unpaired) electrons. The molecule has 0 fully saturated rings. The molecule has 0 aliphatic carbocycles. The van der Waals surface area contributed by atoms with Gasteiger partial charge in [-0.15, -0.1) is 0 Å². The summed E-state index contributed by atoms with van der Waals surface area (Å²) in [7, 11) is 0. The summed E-state index contributed by atoms with van der Waals surface area (Å²) in [5.74, 6) is -0.254. The fraction of sp³-hybridized carbons (Fsp3) is 0.500. The van der Waals surface area contributed by atoms with Crippen LogP contribution in [0.3, 0.4) is 0 Å². The maximum Gasteiger partial charge on any atom is 0.333 e. The van der Waals surface area contributed by atoms with Crippen molar-refractivity contribution in [3.05, 3.63) is 12.4 Å². The van der Waals surface area contributed by atoms with Gasteiger partial charge in [0.05, 0.1) is 12.4 Å². The van der Waals surface area contributed by atoms with Crippen LogP contribution in [0.25, 0.3) is 0 Å². The number of hydrogen-bond acceptors (Lipinski definition) is 2. The van der Waals surface area contributed by atoms with Gasteiger partial charge in [0.1, 0.15) is 0 Å². The molecule has 0 saturated heterocycles. The van der Waals surface area contributed by atoms with Gasteiger partial charge in [0.2, 0.25) is 0 Å². The average Bonchev–Trinajstić information content (AvgIpc) is 2.40. The lowest BCUT2D eigenvalue weighted by molar-refractivity contribution is 0.0563. The summed E-state index contributed by atoms with van der Waals surface area (Å²) in [6.07, 6.45) is 1.80. The minimum absolute atomic E-state index is 0.254. The molecule has 1 N–H and O–H groups in total. The highest BCUT2D eigenvalue weighted by atomic mass is 19.3. The Morgan fingerprint density at radius 2 is 2.09 bits per heavy atom. The van der Waals surface area contributed by atoms with E-state index < -0.39 is 6.55 Å². The second-order valence-corrected chi connectivity index (χ2v) is 1.46. The van der Waals surface area contributed by atoms with Gasteiger partial charge < -0.3 is 5.11 Å². The molecule has 0 aliphatic rings. The van der Waals surface area contributed by atoms with Crippen LogP contribution in [0.2, 0.25) is 0 Å². The second kappa shape index (κ2) is 4.65. The molecule has 0 bridgehead atoms. The van der Waals surface area contributed by atoms with Crippen molar-refractivity contribution in [2.45, 2.75) is 20.4 Å². The largest absolute Gasteiger partial charge is 0.505 e. The molecule has 5 heteroatoms. The summed E-state index contributed by atoms with van der Waals surface area (Å²) in [6, 6.07) is 0. The topological polar surface area (TPSA) is 38.1 Å². The van der Waals surface area contributed by atoms with Gasteiger partial charge in [-0.2, -0.15) is 13.9 Å². The van der Waals surface area contributed by atoms with E-state index in [2.05, 4.69) is 5.10 Å². The average molecular weight is 164 g/mol. The first-order valence-electron chi connectivity index (χ1n) is 3.21. The first-order valence-corrected chi connectivity index (χ1v) is 3.21. The van der Waals surface area contributed by atoms with Crippen LogP contribution in [0, 0.1) is 0 Å². The standard InChI is InChI=1S/C4H4F2N2O.C2H6/c5-4(6)8-2-3(9)1-7-8;1-2/h1-2,4,9H;1-2H3. The number of aromatic nitrogens is 2. The zero-order chi connectivity index (χ0) is 8.85. The van der Waals surface area contributed by atoms with Gasteiger partial charge in [0.25, 0.3) is 0 Å². The molecular formula is C6H10F2N2O. The van der Waals surface area contributed by atoms with Gasteiger partial charge in [-0.25, -0.2) is 4.68 Å². The molecule has 3 nitrogen and oxygen atoms in total. The van der Waals surface area contributed by atoms with Crippen molar-refractivity contribution < 1.29 is 13.9 Å². The van der Waals surface area contributed by atoms with Gasteiger partial charge in [-0.05, 0) is 0 Å². The van der Waals surface area contributed by atoms with Crippen molar-refractivity contribution in [2.75, 3.05) is 0 Å². The Balaban J connectivity index is 0.000000461. The highest BCUT2D eigenvalue weighted by Crippen LogP contribution is 2.12. The van der Waals surface area contributed by atoms with E-state index in [4.69, 9.17) is 5.11 Å². The second-order valence-electron chi connectivity index (χ2n) is 1.46. The SMILES string of the molecule is CC.Oc1cnn(C(F)F)c1. The van der Waals surface area contributed by atoms with Crippen LogP contribution in [0.15, 0.2) is 12.4 Å². The summed E-state index contributed by atoms with van der Waals surface area (Å²) in [4.78, 5) is 0. The molecule has 0 spiro atoms. The third kappa shape index (κ3) is 2.97. The van der Waals surface area contributed by atoms with Crippen molar-refractivity contribution in [3.63, 3.8) is 0 Å². The zero-order valence-corrected chi connectivity index (χ0v) is 6.33. The Labute approximate surface area is 63.3 Å². The summed E-state index contributed by atoms with van der Waals surface area (Å²) >= 11 is 0. The number of rotatable bonds is 1. The molecule has 1 heterocycles. The van der Waals surface area contributed by atoms with E-state index in [0.29, 0.717) is 4.68 Å². The van der Waals surface area contributed by atoms with E-state index in [1.54, 1.807) is 0 Å². The molecule has 0 atom stereocenters. The van der Waals surface area contributed by atoms with Crippen LogP contribution in [-0.4, -0.2) is 14.9 Å². The molecule has 1 rings (SSSR count). The molecule has 64 valence electrons. The van der Waals surface area contributed by atoms with Crippen molar-refractivity contribution in [1.82, 2.24) is 9.78 Å². The van der Waals surface area contributed by atoms with Gasteiger partial charge in [-0.3, -0.25) is 0 Å². The Morgan fingerprint density at radius 1 is 1.55 bits per heavy atom. The van der Waals surface area contributed by atoms with Crippen LogP contribution in [0.4, 0.5) is 8.78 Å². The predicted molar refractivity (Wildman–Crippen MR) is 36.5 cm³/mol. The Bertz CT molecular complexity index is 200. The minimum Gasteiger partial charge on any atom is -0.505 e. The number of halogens is 2. The fourth-order valence-corrected chi connectivity index (χ4v) is 0.435. The van der Waals surface area contributed by atoms with Crippen LogP contribution < -0.4 is 0 Å². The lowest BCUT2D eigenvalue weighted by Crippen LogP contribution is -1.96. The maximum atomic E-state index is 11.6. The lowest BCUT2D eigenvalue weighted by Gasteiger charge is -1.93. The summed E-state index contributed by atoms with van der Waals surface area (Å²) in [5.41, 5.74) is 0. The Morgan fingerprint density at radius 3 is 2.27 bits per heavy atom. The fourth-order valence-electron chi connectivity index (χ4n) is 0.435.